The smallest absolute Gasteiger partial charge is 0.262 e. The van der Waals surface area contributed by atoms with Gasteiger partial charge in [-0.25, -0.2) is 8.42 Å². The number of nitrogens with zero attached hydrogens (tertiary/aromatic N) is 1. The molecule has 0 aromatic heterocycles. The van der Waals surface area contributed by atoms with Gasteiger partial charge in [-0.15, -0.1) is 0 Å². The highest BCUT2D eigenvalue weighted by molar-refractivity contribution is 9.10. The number of hydrogen-bond acceptors (Lipinski definition) is 5. The molecule has 9 heteroatoms. The Balaban J connectivity index is 2.02. The van der Waals surface area contributed by atoms with Crippen molar-refractivity contribution < 1.29 is 17.9 Å². The molecule has 2 aliphatic heterocycles. The quantitative estimate of drug-likeness (QED) is 0.779. The van der Waals surface area contributed by atoms with Crippen molar-refractivity contribution in [1.82, 2.24) is 9.62 Å². The Bertz CT molecular complexity index is 722. The van der Waals surface area contributed by atoms with E-state index in [4.69, 9.17) is 4.74 Å². The zero-order valence-corrected chi connectivity index (χ0v) is 14.3. The molecule has 1 unspecified atom stereocenters. The van der Waals surface area contributed by atoms with Gasteiger partial charge in [0.2, 0.25) is 10.0 Å². The maximum Gasteiger partial charge on any atom is 0.262 e. The molecule has 3 rings (SSSR count). The second kappa shape index (κ2) is 5.80. The van der Waals surface area contributed by atoms with Crippen LogP contribution in [0.25, 0.3) is 0 Å². The zero-order chi connectivity index (χ0) is 15.9. The number of amides is 1. The first-order valence-corrected chi connectivity index (χ1v) is 9.11. The van der Waals surface area contributed by atoms with Crippen LogP contribution in [-0.4, -0.2) is 50.9 Å². The summed E-state index contributed by atoms with van der Waals surface area (Å²) in [6.45, 7) is 3.42. The minimum Gasteiger partial charge on any atom is -0.482 e. The molecule has 0 bridgehead atoms. The number of carbonyl (C=O) groups excluding carboxylic acids is 1. The lowest BCUT2D eigenvalue weighted by Crippen LogP contribution is -2.52. The van der Waals surface area contributed by atoms with Crippen molar-refractivity contribution >= 4 is 37.5 Å². The third-order valence-electron chi connectivity index (χ3n) is 3.69. The van der Waals surface area contributed by atoms with Crippen LogP contribution in [0.5, 0.6) is 5.75 Å². The van der Waals surface area contributed by atoms with Gasteiger partial charge in [-0.05, 0) is 28.9 Å². The number of piperazine rings is 1. The van der Waals surface area contributed by atoms with E-state index in [1.165, 1.54) is 10.4 Å². The van der Waals surface area contributed by atoms with Crippen LogP contribution in [-0.2, 0) is 14.8 Å². The second-order valence-electron chi connectivity index (χ2n) is 5.28. The molecule has 2 N–H and O–H groups in total. The summed E-state index contributed by atoms with van der Waals surface area (Å²) in [5.41, 5.74) is 0.468. The molecule has 7 nitrogen and oxygen atoms in total. The van der Waals surface area contributed by atoms with Crippen molar-refractivity contribution in [2.24, 2.45) is 0 Å². The molecule has 1 aromatic rings. The number of sulfonamides is 1. The molecule has 0 radical (unpaired) electrons. The lowest BCUT2D eigenvalue weighted by atomic mass is 10.2. The predicted molar refractivity (Wildman–Crippen MR) is 84.5 cm³/mol. The first-order valence-electron chi connectivity index (χ1n) is 6.88. The molecule has 1 amide bonds. The predicted octanol–water partition coefficient (Wildman–Crippen LogP) is 0.762. The average molecular weight is 390 g/mol. The lowest BCUT2D eigenvalue weighted by molar-refractivity contribution is -0.118. The molecule has 0 spiro atoms. The molecule has 1 saturated heterocycles. The monoisotopic (exact) mass is 389 g/mol. The standard InChI is InChI=1S/C13H16BrN3O4S/c1-8-6-15-2-3-17(8)22(19,20)12-5-11-10(4-9(12)14)16-13(18)7-21-11/h4-5,8,15H,2-3,6-7H2,1H3,(H,16,18). The highest BCUT2D eigenvalue weighted by Gasteiger charge is 2.33. The minimum atomic E-state index is -3.64. The van der Waals surface area contributed by atoms with Gasteiger partial charge in [0.1, 0.15) is 10.6 Å². The van der Waals surface area contributed by atoms with Crippen LogP contribution in [0.3, 0.4) is 0 Å². The van der Waals surface area contributed by atoms with Crippen molar-refractivity contribution in [3.8, 4) is 5.75 Å². The van der Waals surface area contributed by atoms with Crippen LogP contribution >= 0.6 is 15.9 Å². The van der Waals surface area contributed by atoms with Crippen LogP contribution in [0, 0.1) is 0 Å². The van der Waals surface area contributed by atoms with Gasteiger partial charge in [0.05, 0.1) is 5.69 Å². The molecule has 1 atom stereocenters. The van der Waals surface area contributed by atoms with Crippen LogP contribution < -0.4 is 15.4 Å². The third-order valence-corrected chi connectivity index (χ3v) is 6.67. The van der Waals surface area contributed by atoms with Crippen LogP contribution in [0.15, 0.2) is 21.5 Å². The van der Waals surface area contributed by atoms with Crippen molar-refractivity contribution in [3.05, 3.63) is 16.6 Å². The Morgan fingerprint density at radius 3 is 2.91 bits per heavy atom. The summed E-state index contributed by atoms with van der Waals surface area (Å²) in [5.74, 6) is 0.106. The summed E-state index contributed by atoms with van der Waals surface area (Å²) < 4.78 is 33.0. The maximum absolute atomic E-state index is 12.9. The van der Waals surface area contributed by atoms with Crippen LogP contribution in [0.1, 0.15) is 6.92 Å². The van der Waals surface area contributed by atoms with E-state index < -0.39 is 10.0 Å². The summed E-state index contributed by atoms with van der Waals surface area (Å²) in [7, 11) is -3.64. The number of rotatable bonds is 2. The lowest BCUT2D eigenvalue weighted by Gasteiger charge is -2.33. The van der Waals surface area contributed by atoms with Gasteiger partial charge < -0.3 is 15.4 Å². The largest absolute Gasteiger partial charge is 0.482 e. The normalized spacial score (nSPS) is 22.6. The Hall–Kier alpha value is -1.16. The number of ether oxygens (including phenoxy) is 1. The number of halogens is 1. The summed E-state index contributed by atoms with van der Waals surface area (Å²) >= 11 is 3.29. The topological polar surface area (TPSA) is 87.7 Å². The highest BCUT2D eigenvalue weighted by Crippen LogP contribution is 2.37. The number of nitrogens with one attached hydrogen (secondary N) is 2. The number of carbonyl (C=O) groups is 1. The molecular formula is C13H16BrN3O4S. The maximum atomic E-state index is 12.9. The minimum absolute atomic E-state index is 0.113. The SMILES string of the molecule is CC1CNCCN1S(=O)(=O)c1cc2c(cc1Br)NC(=O)CO2. The fraction of sp³-hybridized carbons (Fsp3) is 0.462. The third kappa shape index (κ3) is 2.73. The van der Waals surface area contributed by atoms with Crippen molar-refractivity contribution in [3.63, 3.8) is 0 Å². The van der Waals surface area contributed by atoms with E-state index in [0.717, 1.165) is 0 Å². The number of benzene rings is 1. The fourth-order valence-corrected chi connectivity index (χ4v) is 5.24. The second-order valence-corrected chi connectivity index (χ2v) is 8.00. The highest BCUT2D eigenvalue weighted by atomic mass is 79.9. The Kier molecular flexibility index (Phi) is 4.15. The summed E-state index contributed by atoms with van der Waals surface area (Å²) in [6.07, 6.45) is 0. The Morgan fingerprint density at radius 2 is 2.18 bits per heavy atom. The summed E-state index contributed by atoms with van der Waals surface area (Å²) in [5, 5.41) is 5.82. The molecule has 1 fully saturated rings. The molecule has 0 saturated carbocycles. The number of hydrogen-bond donors (Lipinski definition) is 2. The van der Waals surface area contributed by atoms with Gasteiger partial charge in [0, 0.05) is 36.2 Å². The van der Waals surface area contributed by atoms with Gasteiger partial charge in [-0.3, -0.25) is 4.79 Å². The first kappa shape index (κ1) is 15.7. The van der Waals surface area contributed by atoms with Gasteiger partial charge in [0.25, 0.3) is 5.91 Å². The first-order chi connectivity index (χ1) is 10.4. The molecule has 120 valence electrons. The van der Waals surface area contributed by atoms with Crippen LogP contribution in [0.4, 0.5) is 5.69 Å². The van der Waals surface area contributed by atoms with E-state index >= 15 is 0 Å². The van der Waals surface area contributed by atoms with E-state index in [1.807, 2.05) is 6.92 Å². The molecule has 2 heterocycles. The summed E-state index contributed by atoms with van der Waals surface area (Å²) in [4.78, 5) is 11.5. The van der Waals surface area contributed by atoms with E-state index in [1.54, 1.807) is 6.07 Å². The molecular weight excluding hydrogens is 374 g/mol. The average Bonchev–Trinajstić information content (AvgIpc) is 2.46. The van der Waals surface area contributed by atoms with E-state index in [0.29, 0.717) is 35.5 Å². The molecule has 22 heavy (non-hydrogen) atoms. The van der Waals surface area contributed by atoms with Gasteiger partial charge in [-0.1, -0.05) is 0 Å². The van der Waals surface area contributed by atoms with E-state index in [9.17, 15) is 13.2 Å². The van der Waals surface area contributed by atoms with E-state index in [2.05, 4.69) is 26.6 Å². The van der Waals surface area contributed by atoms with E-state index in [-0.39, 0.29) is 23.5 Å². The van der Waals surface area contributed by atoms with Crippen molar-refractivity contribution in [2.45, 2.75) is 17.9 Å². The van der Waals surface area contributed by atoms with Crippen molar-refractivity contribution in [1.29, 1.82) is 0 Å². The molecule has 0 aliphatic carbocycles. The number of anilines is 1. The van der Waals surface area contributed by atoms with Gasteiger partial charge in [-0.2, -0.15) is 4.31 Å². The van der Waals surface area contributed by atoms with Gasteiger partial charge in [0.15, 0.2) is 6.61 Å². The zero-order valence-electron chi connectivity index (χ0n) is 11.9. The fourth-order valence-electron chi connectivity index (χ4n) is 2.58. The Labute approximate surface area is 137 Å². The van der Waals surface area contributed by atoms with Crippen molar-refractivity contribution in [2.75, 3.05) is 31.6 Å². The van der Waals surface area contributed by atoms with Crippen LogP contribution in [0.2, 0.25) is 0 Å². The number of fused-ring (bicyclic) bond motifs is 1. The Morgan fingerprint density at radius 1 is 1.41 bits per heavy atom. The van der Waals surface area contributed by atoms with Gasteiger partial charge >= 0.3 is 0 Å². The molecule has 1 aromatic carbocycles. The summed E-state index contributed by atoms with van der Waals surface area (Å²) in [6, 6.07) is 2.90. The molecule has 2 aliphatic rings.